The maximum Gasteiger partial charge on any atom is 0.236 e. The maximum atomic E-state index is 13.7. The Labute approximate surface area is 96.2 Å². The predicted molar refractivity (Wildman–Crippen MR) is 56.6 cm³/mol. The first kappa shape index (κ1) is 11.3. The van der Waals surface area contributed by atoms with Gasteiger partial charge in [-0.2, -0.15) is 0 Å². The third-order valence-corrected chi connectivity index (χ3v) is 2.28. The molecule has 0 aliphatic heterocycles. The third kappa shape index (κ3) is 2.04. The van der Waals surface area contributed by atoms with Gasteiger partial charge in [-0.15, -0.1) is 0 Å². The highest BCUT2D eigenvalue weighted by atomic mass is 19.1. The molecule has 0 saturated heterocycles. The molecule has 0 aliphatic carbocycles. The summed E-state index contributed by atoms with van der Waals surface area (Å²) in [5.74, 6) is -2.87. The number of halogens is 2. The highest BCUT2D eigenvalue weighted by Crippen LogP contribution is 2.18. The number of ketones is 1. The van der Waals surface area contributed by atoms with Gasteiger partial charge in [-0.25, -0.2) is 18.7 Å². The Morgan fingerprint density at radius 3 is 2.47 bits per heavy atom. The summed E-state index contributed by atoms with van der Waals surface area (Å²) in [6.07, 6.45) is 2.68. The van der Waals surface area contributed by atoms with Crippen molar-refractivity contribution in [2.75, 3.05) is 0 Å². The number of benzene rings is 1. The summed E-state index contributed by atoms with van der Waals surface area (Å²) in [6.45, 7) is 1.46. The second-order valence-electron chi connectivity index (χ2n) is 3.45. The molecule has 0 amide bonds. The minimum absolute atomic E-state index is 0.200. The summed E-state index contributed by atoms with van der Waals surface area (Å²) in [5.41, 5.74) is -0.415. The molecule has 0 unspecified atom stereocenters. The zero-order valence-corrected chi connectivity index (χ0v) is 8.95. The van der Waals surface area contributed by atoms with Gasteiger partial charge in [0.2, 0.25) is 11.6 Å². The fourth-order valence-corrected chi connectivity index (χ4v) is 1.39. The van der Waals surface area contributed by atoms with Gasteiger partial charge in [0.25, 0.3) is 0 Å². The highest BCUT2D eigenvalue weighted by molar-refractivity contribution is 6.06. The van der Waals surface area contributed by atoms with E-state index in [9.17, 15) is 13.6 Å². The molecule has 0 saturated carbocycles. The maximum absolute atomic E-state index is 13.7. The number of rotatable bonds is 2. The van der Waals surface area contributed by atoms with E-state index >= 15 is 0 Å². The molecule has 0 fully saturated rings. The lowest BCUT2D eigenvalue weighted by atomic mass is 10.1. The van der Waals surface area contributed by atoms with E-state index in [0.717, 1.165) is 6.07 Å². The highest BCUT2D eigenvalue weighted by Gasteiger charge is 2.22. The largest absolute Gasteiger partial charge is 0.285 e. The van der Waals surface area contributed by atoms with E-state index in [1.807, 2.05) is 0 Å². The zero-order chi connectivity index (χ0) is 12.4. The van der Waals surface area contributed by atoms with Crippen LogP contribution in [-0.4, -0.2) is 15.8 Å². The standard InChI is InChI=1S/C12H8F2N2O/c1-7-3-4-8(13)9(10(7)14)11(17)12-15-5-2-6-16-12/h2-6H,1H3. The lowest BCUT2D eigenvalue weighted by Crippen LogP contribution is -2.11. The van der Waals surface area contributed by atoms with Crippen LogP contribution in [0.25, 0.3) is 0 Å². The molecule has 5 heteroatoms. The minimum Gasteiger partial charge on any atom is -0.285 e. The smallest absolute Gasteiger partial charge is 0.236 e. The third-order valence-electron chi connectivity index (χ3n) is 2.28. The second kappa shape index (κ2) is 4.37. The van der Waals surface area contributed by atoms with E-state index in [4.69, 9.17) is 0 Å². The van der Waals surface area contributed by atoms with Crippen molar-refractivity contribution < 1.29 is 13.6 Å². The van der Waals surface area contributed by atoms with Crippen LogP contribution in [0.1, 0.15) is 21.7 Å². The van der Waals surface area contributed by atoms with E-state index < -0.39 is 23.0 Å². The summed E-state index contributed by atoms with van der Waals surface area (Å²) in [5, 5.41) is 0. The molecule has 0 atom stereocenters. The summed E-state index contributed by atoms with van der Waals surface area (Å²) < 4.78 is 27.1. The molecule has 2 rings (SSSR count). The van der Waals surface area contributed by atoms with Crippen molar-refractivity contribution in [3.05, 3.63) is 59.2 Å². The minimum atomic E-state index is -0.912. The van der Waals surface area contributed by atoms with Crippen LogP contribution in [0.3, 0.4) is 0 Å². The van der Waals surface area contributed by atoms with Crippen LogP contribution < -0.4 is 0 Å². The molecule has 0 N–H and O–H groups in total. The van der Waals surface area contributed by atoms with Crippen LogP contribution in [0, 0.1) is 18.6 Å². The Morgan fingerprint density at radius 1 is 1.18 bits per heavy atom. The number of aryl methyl sites for hydroxylation is 1. The Balaban J connectivity index is 2.56. The normalized spacial score (nSPS) is 10.3. The van der Waals surface area contributed by atoms with Crippen LogP contribution in [-0.2, 0) is 0 Å². The van der Waals surface area contributed by atoms with E-state index in [-0.39, 0.29) is 11.4 Å². The van der Waals surface area contributed by atoms with E-state index in [2.05, 4.69) is 9.97 Å². The van der Waals surface area contributed by atoms with Gasteiger partial charge in [-0.05, 0) is 24.6 Å². The van der Waals surface area contributed by atoms with Gasteiger partial charge in [0.05, 0.1) is 5.56 Å². The first-order chi connectivity index (χ1) is 8.11. The molecule has 0 aliphatic rings. The molecule has 1 heterocycles. The molecule has 0 spiro atoms. The first-order valence-corrected chi connectivity index (χ1v) is 4.87. The number of carbonyl (C=O) groups is 1. The Bertz CT molecular complexity index is 570. The number of carbonyl (C=O) groups excluding carboxylic acids is 1. The SMILES string of the molecule is Cc1ccc(F)c(C(=O)c2ncccn2)c1F. The van der Waals surface area contributed by atoms with Crippen molar-refractivity contribution in [1.29, 1.82) is 0 Å². The van der Waals surface area contributed by atoms with Crippen molar-refractivity contribution in [2.24, 2.45) is 0 Å². The van der Waals surface area contributed by atoms with Crippen LogP contribution >= 0.6 is 0 Å². The summed E-state index contributed by atoms with van der Waals surface area (Å²) in [4.78, 5) is 19.2. The van der Waals surface area contributed by atoms with E-state index in [1.54, 1.807) is 0 Å². The lowest BCUT2D eigenvalue weighted by molar-refractivity contribution is 0.102. The molecular formula is C12H8F2N2O. The number of aromatic nitrogens is 2. The van der Waals surface area contributed by atoms with Gasteiger partial charge in [0.1, 0.15) is 11.6 Å². The summed E-state index contributed by atoms with van der Waals surface area (Å²) in [6, 6.07) is 3.83. The van der Waals surface area contributed by atoms with Gasteiger partial charge in [0.15, 0.2) is 0 Å². The summed E-state index contributed by atoms with van der Waals surface area (Å²) >= 11 is 0. The quantitative estimate of drug-likeness (QED) is 0.749. The van der Waals surface area contributed by atoms with Crippen molar-refractivity contribution in [2.45, 2.75) is 6.92 Å². The van der Waals surface area contributed by atoms with E-state index in [1.165, 1.54) is 31.5 Å². The Morgan fingerprint density at radius 2 is 1.82 bits per heavy atom. The summed E-state index contributed by atoms with van der Waals surface area (Å²) in [7, 11) is 0. The molecule has 1 aromatic carbocycles. The molecule has 0 bridgehead atoms. The molecule has 3 nitrogen and oxygen atoms in total. The molecule has 86 valence electrons. The van der Waals surface area contributed by atoms with Crippen LogP contribution in [0.5, 0.6) is 0 Å². The van der Waals surface area contributed by atoms with Crippen LogP contribution in [0.2, 0.25) is 0 Å². The molecule has 17 heavy (non-hydrogen) atoms. The van der Waals surface area contributed by atoms with Gasteiger partial charge in [-0.3, -0.25) is 4.79 Å². The first-order valence-electron chi connectivity index (χ1n) is 4.87. The van der Waals surface area contributed by atoms with Crippen molar-refractivity contribution in [3.8, 4) is 0 Å². The number of hydrogen-bond donors (Lipinski definition) is 0. The Hall–Kier alpha value is -2.17. The van der Waals surface area contributed by atoms with E-state index in [0.29, 0.717) is 0 Å². The zero-order valence-electron chi connectivity index (χ0n) is 8.95. The van der Waals surface area contributed by atoms with Gasteiger partial charge >= 0.3 is 0 Å². The van der Waals surface area contributed by atoms with Crippen molar-refractivity contribution >= 4 is 5.78 Å². The number of hydrogen-bond acceptors (Lipinski definition) is 3. The number of nitrogens with zero attached hydrogens (tertiary/aromatic N) is 2. The fraction of sp³-hybridized carbons (Fsp3) is 0.0833. The fourth-order valence-electron chi connectivity index (χ4n) is 1.39. The van der Waals surface area contributed by atoms with Gasteiger partial charge in [0, 0.05) is 12.4 Å². The molecule has 2 aromatic rings. The lowest BCUT2D eigenvalue weighted by Gasteiger charge is -2.05. The predicted octanol–water partition coefficient (Wildman–Crippen LogP) is 2.29. The van der Waals surface area contributed by atoms with Crippen molar-refractivity contribution in [1.82, 2.24) is 9.97 Å². The molecule has 0 radical (unpaired) electrons. The average Bonchev–Trinajstić information content (AvgIpc) is 2.35. The van der Waals surface area contributed by atoms with Crippen LogP contribution in [0.15, 0.2) is 30.6 Å². The van der Waals surface area contributed by atoms with Gasteiger partial charge < -0.3 is 0 Å². The topological polar surface area (TPSA) is 42.9 Å². The van der Waals surface area contributed by atoms with Crippen LogP contribution in [0.4, 0.5) is 8.78 Å². The second-order valence-corrected chi connectivity index (χ2v) is 3.45. The van der Waals surface area contributed by atoms with Gasteiger partial charge in [-0.1, -0.05) is 6.07 Å². The Kier molecular flexibility index (Phi) is 2.91. The monoisotopic (exact) mass is 234 g/mol. The molecule has 1 aromatic heterocycles. The average molecular weight is 234 g/mol. The molecular weight excluding hydrogens is 226 g/mol. The van der Waals surface area contributed by atoms with Crippen molar-refractivity contribution in [3.63, 3.8) is 0 Å².